The van der Waals surface area contributed by atoms with Crippen molar-refractivity contribution in [3.63, 3.8) is 0 Å². The van der Waals surface area contributed by atoms with Gasteiger partial charge in [-0.1, -0.05) is 12.1 Å². The highest BCUT2D eigenvalue weighted by Gasteiger charge is 2.62. The van der Waals surface area contributed by atoms with Crippen LogP contribution in [0.2, 0.25) is 0 Å². The fourth-order valence-electron chi connectivity index (χ4n) is 1.95. The van der Waals surface area contributed by atoms with Crippen molar-refractivity contribution in [3.8, 4) is 5.75 Å². The maximum atomic E-state index is 13.3. The number of rotatable bonds is 4. The van der Waals surface area contributed by atoms with E-state index in [1.165, 1.54) is 19.2 Å². The molecule has 0 aromatic heterocycles. The molecule has 0 heterocycles. The maximum absolute atomic E-state index is 13.3. The summed E-state index contributed by atoms with van der Waals surface area (Å²) in [7, 11) is 1.29. The molecule has 0 saturated heterocycles. The third-order valence-corrected chi connectivity index (χ3v) is 3.64. The van der Waals surface area contributed by atoms with Gasteiger partial charge in [0, 0.05) is 11.1 Å². The Bertz CT molecular complexity index is 555. The molecule has 2 N–H and O–H groups in total. The zero-order valence-corrected chi connectivity index (χ0v) is 11.6. The van der Waals surface area contributed by atoms with E-state index in [4.69, 9.17) is 4.74 Å². The average Bonchev–Trinajstić information content (AvgIpc) is 3.13. The molecule has 1 aliphatic rings. The predicted octanol–water partition coefficient (Wildman–Crippen LogP) is 2.11. The van der Waals surface area contributed by atoms with Crippen molar-refractivity contribution in [2.45, 2.75) is 37.1 Å². The molecule has 1 saturated carbocycles. The number of aliphatic hydroxyl groups is 1. The minimum atomic E-state index is -5.14. The summed E-state index contributed by atoms with van der Waals surface area (Å²) in [5, 5.41) is 12.4. The van der Waals surface area contributed by atoms with Gasteiger partial charge in [0.2, 0.25) is 0 Å². The number of carbonyl (C=O) groups excluding carboxylic acids is 1. The zero-order chi connectivity index (χ0) is 15.9. The molecule has 0 spiro atoms. The fraction of sp³-hybridized carbons (Fsp3) is 0.500. The Labute approximate surface area is 119 Å². The monoisotopic (exact) mass is 303 g/mol. The Morgan fingerprint density at radius 1 is 1.38 bits per heavy atom. The lowest BCUT2D eigenvalue weighted by atomic mass is 9.91. The number of amides is 1. The van der Waals surface area contributed by atoms with Crippen molar-refractivity contribution < 1.29 is 27.8 Å². The zero-order valence-electron chi connectivity index (χ0n) is 11.6. The van der Waals surface area contributed by atoms with Gasteiger partial charge in [-0.25, -0.2) is 0 Å². The molecule has 1 aromatic carbocycles. The molecule has 1 aliphatic carbocycles. The molecule has 1 fully saturated rings. The highest BCUT2D eigenvalue weighted by molar-refractivity contribution is 5.88. The van der Waals surface area contributed by atoms with Crippen molar-refractivity contribution in [2.24, 2.45) is 0 Å². The molecular formula is C14H16F3NO3. The first-order valence-corrected chi connectivity index (χ1v) is 6.39. The van der Waals surface area contributed by atoms with Crippen LogP contribution in [-0.2, 0) is 10.4 Å². The minimum Gasteiger partial charge on any atom is -0.497 e. The van der Waals surface area contributed by atoms with Crippen LogP contribution in [0.15, 0.2) is 24.3 Å². The number of hydrogen-bond acceptors (Lipinski definition) is 3. The quantitative estimate of drug-likeness (QED) is 0.895. The first kappa shape index (κ1) is 15.6. The van der Waals surface area contributed by atoms with Gasteiger partial charge in [0.15, 0.2) is 0 Å². The Hall–Kier alpha value is -1.76. The van der Waals surface area contributed by atoms with E-state index in [2.05, 4.69) is 5.32 Å². The summed E-state index contributed by atoms with van der Waals surface area (Å²) in [6.45, 7) is 1.63. The Morgan fingerprint density at radius 3 is 2.48 bits per heavy atom. The Morgan fingerprint density at radius 2 is 2.00 bits per heavy atom. The number of benzene rings is 1. The van der Waals surface area contributed by atoms with E-state index in [0.717, 1.165) is 12.1 Å². The number of ether oxygens (including phenoxy) is 1. The van der Waals surface area contributed by atoms with E-state index in [0.29, 0.717) is 12.8 Å². The van der Waals surface area contributed by atoms with Crippen LogP contribution < -0.4 is 10.1 Å². The summed E-state index contributed by atoms with van der Waals surface area (Å²) in [6, 6.07) is 4.77. The van der Waals surface area contributed by atoms with Gasteiger partial charge < -0.3 is 15.2 Å². The topological polar surface area (TPSA) is 58.6 Å². The van der Waals surface area contributed by atoms with E-state index in [-0.39, 0.29) is 5.75 Å². The smallest absolute Gasteiger partial charge is 0.430 e. The molecule has 4 nitrogen and oxygen atoms in total. The van der Waals surface area contributed by atoms with Crippen molar-refractivity contribution in [3.05, 3.63) is 29.8 Å². The number of halogens is 3. The molecule has 1 atom stereocenters. The highest BCUT2D eigenvalue weighted by atomic mass is 19.4. The molecule has 0 unspecified atom stereocenters. The SMILES string of the molecule is COc1cccc([C@@](O)(C(=O)NC2(C)CC2)C(F)(F)F)c1. The molecule has 0 bridgehead atoms. The summed E-state index contributed by atoms with van der Waals surface area (Å²) in [6.07, 6.45) is -3.97. The lowest BCUT2D eigenvalue weighted by Gasteiger charge is -2.31. The third kappa shape index (κ3) is 2.83. The van der Waals surface area contributed by atoms with Crippen molar-refractivity contribution in [1.82, 2.24) is 5.32 Å². The second-order valence-electron chi connectivity index (χ2n) is 5.45. The minimum absolute atomic E-state index is 0.126. The van der Waals surface area contributed by atoms with E-state index < -0.39 is 28.8 Å². The molecule has 0 aliphatic heterocycles. The molecule has 116 valence electrons. The molecule has 7 heteroatoms. The Balaban J connectivity index is 2.43. The van der Waals surface area contributed by atoms with Crippen LogP contribution in [0.4, 0.5) is 13.2 Å². The van der Waals surface area contributed by atoms with Crippen molar-refractivity contribution >= 4 is 5.91 Å². The summed E-state index contributed by atoms with van der Waals surface area (Å²) < 4.78 is 44.8. The van der Waals surface area contributed by atoms with Gasteiger partial charge in [-0.2, -0.15) is 13.2 Å². The molecular weight excluding hydrogens is 287 g/mol. The standard InChI is InChI=1S/C14H16F3NO3/c1-12(6-7-12)18-11(19)13(20,14(15,16)17)9-4-3-5-10(8-9)21-2/h3-5,8,20H,6-7H2,1-2H3,(H,18,19)/t13-/m1/s1. The van der Waals surface area contributed by atoms with Crippen LogP contribution in [0, 0.1) is 0 Å². The largest absolute Gasteiger partial charge is 0.497 e. The summed E-state index contributed by atoms with van der Waals surface area (Å²) >= 11 is 0. The van der Waals surface area contributed by atoms with Gasteiger partial charge in [-0.15, -0.1) is 0 Å². The van der Waals surface area contributed by atoms with Crippen LogP contribution >= 0.6 is 0 Å². The van der Waals surface area contributed by atoms with Gasteiger partial charge >= 0.3 is 6.18 Å². The first-order valence-electron chi connectivity index (χ1n) is 6.39. The number of carbonyl (C=O) groups is 1. The normalized spacial score (nSPS) is 19.5. The summed E-state index contributed by atoms with van der Waals surface area (Å²) in [4.78, 5) is 12.0. The Kier molecular flexibility index (Phi) is 3.65. The summed E-state index contributed by atoms with van der Waals surface area (Å²) in [5.74, 6) is -1.34. The molecule has 21 heavy (non-hydrogen) atoms. The number of nitrogens with one attached hydrogen (secondary N) is 1. The number of methoxy groups -OCH3 is 1. The molecule has 1 aromatic rings. The molecule has 1 amide bonds. The van der Waals surface area contributed by atoms with Gasteiger partial charge in [0.25, 0.3) is 11.5 Å². The second kappa shape index (κ2) is 4.91. The van der Waals surface area contributed by atoms with Gasteiger partial charge in [-0.3, -0.25) is 4.79 Å². The van der Waals surface area contributed by atoms with Gasteiger partial charge in [0.05, 0.1) is 7.11 Å². The van der Waals surface area contributed by atoms with Crippen LogP contribution in [0.1, 0.15) is 25.3 Å². The number of hydrogen-bond donors (Lipinski definition) is 2. The van der Waals surface area contributed by atoms with Gasteiger partial charge in [-0.05, 0) is 31.9 Å². The van der Waals surface area contributed by atoms with Crippen LogP contribution in [0.3, 0.4) is 0 Å². The first-order chi connectivity index (χ1) is 9.62. The average molecular weight is 303 g/mol. The second-order valence-corrected chi connectivity index (χ2v) is 5.45. The molecule has 2 rings (SSSR count). The fourth-order valence-corrected chi connectivity index (χ4v) is 1.95. The van der Waals surface area contributed by atoms with Crippen molar-refractivity contribution in [1.29, 1.82) is 0 Å². The van der Waals surface area contributed by atoms with Crippen molar-refractivity contribution in [2.75, 3.05) is 7.11 Å². The molecule has 0 radical (unpaired) electrons. The highest BCUT2D eigenvalue weighted by Crippen LogP contribution is 2.42. The predicted molar refractivity (Wildman–Crippen MR) is 68.7 cm³/mol. The lowest BCUT2D eigenvalue weighted by molar-refractivity contribution is -0.257. The van der Waals surface area contributed by atoms with E-state index in [1.54, 1.807) is 6.92 Å². The summed E-state index contributed by atoms with van der Waals surface area (Å²) in [5.41, 5.74) is -4.85. The van der Waals surface area contributed by atoms with E-state index in [1.807, 2.05) is 0 Å². The van der Waals surface area contributed by atoms with Crippen LogP contribution in [0.25, 0.3) is 0 Å². The van der Waals surface area contributed by atoms with E-state index in [9.17, 15) is 23.1 Å². The lowest BCUT2D eigenvalue weighted by Crippen LogP contribution is -2.56. The number of alkyl halides is 3. The third-order valence-electron chi connectivity index (χ3n) is 3.64. The van der Waals surface area contributed by atoms with E-state index >= 15 is 0 Å². The maximum Gasteiger partial charge on any atom is 0.430 e. The van der Waals surface area contributed by atoms with Crippen LogP contribution in [-0.4, -0.2) is 29.8 Å². The van der Waals surface area contributed by atoms with Gasteiger partial charge in [0.1, 0.15) is 5.75 Å². The van der Waals surface area contributed by atoms with Crippen LogP contribution in [0.5, 0.6) is 5.75 Å².